The van der Waals surface area contributed by atoms with Gasteiger partial charge in [-0.05, 0) is 13.3 Å². The van der Waals surface area contributed by atoms with Crippen molar-refractivity contribution in [1.82, 2.24) is 9.78 Å². The van der Waals surface area contributed by atoms with Gasteiger partial charge in [-0.1, -0.05) is 6.92 Å². The highest BCUT2D eigenvalue weighted by molar-refractivity contribution is 5.66. The third kappa shape index (κ3) is 2.27. The van der Waals surface area contributed by atoms with E-state index in [2.05, 4.69) is 16.9 Å². The van der Waals surface area contributed by atoms with Crippen molar-refractivity contribution >= 4 is 11.5 Å². The smallest absolute Gasteiger partial charge is 0.171 e. The molecule has 20 heavy (non-hydrogen) atoms. The molecule has 2 aliphatic rings. The highest BCUT2D eigenvalue weighted by Crippen LogP contribution is 2.35. The van der Waals surface area contributed by atoms with E-state index in [4.69, 9.17) is 15.2 Å². The van der Waals surface area contributed by atoms with Crippen molar-refractivity contribution in [1.29, 1.82) is 0 Å². The van der Waals surface area contributed by atoms with Crippen LogP contribution in [0.15, 0.2) is 0 Å². The SMILES string of the molecule is CCCn1nc(C)c(N)c1N1CCC2(CC1)OCCO2. The van der Waals surface area contributed by atoms with Crippen LogP contribution in [0.5, 0.6) is 0 Å². The Morgan fingerprint density at radius 1 is 1.25 bits per heavy atom. The second kappa shape index (κ2) is 5.26. The lowest BCUT2D eigenvalue weighted by Gasteiger charge is -2.38. The van der Waals surface area contributed by atoms with Crippen LogP contribution in [-0.2, 0) is 16.0 Å². The van der Waals surface area contributed by atoms with Gasteiger partial charge in [0, 0.05) is 32.5 Å². The summed E-state index contributed by atoms with van der Waals surface area (Å²) in [6.07, 6.45) is 2.84. The van der Waals surface area contributed by atoms with Crippen LogP contribution >= 0.6 is 0 Å². The summed E-state index contributed by atoms with van der Waals surface area (Å²) in [7, 11) is 0. The molecule has 1 aromatic heterocycles. The molecule has 2 fully saturated rings. The van der Waals surface area contributed by atoms with Gasteiger partial charge in [-0.25, -0.2) is 4.68 Å². The molecule has 0 aliphatic carbocycles. The maximum atomic E-state index is 6.22. The number of nitrogens with two attached hydrogens (primary N) is 1. The average Bonchev–Trinajstić information content (AvgIpc) is 2.99. The minimum Gasteiger partial charge on any atom is -0.394 e. The molecule has 1 aromatic rings. The van der Waals surface area contributed by atoms with Crippen molar-refractivity contribution < 1.29 is 9.47 Å². The molecule has 0 radical (unpaired) electrons. The molecule has 3 rings (SSSR count). The van der Waals surface area contributed by atoms with Crippen molar-refractivity contribution in [2.24, 2.45) is 0 Å². The van der Waals surface area contributed by atoms with Gasteiger partial charge in [0.25, 0.3) is 0 Å². The fourth-order valence-electron chi connectivity index (χ4n) is 3.13. The Kier molecular flexibility index (Phi) is 3.60. The molecule has 0 bridgehead atoms. The lowest BCUT2D eigenvalue weighted by atomic mass is 10.0. The van der Waals surface area contributed by atoms with Crippen LogP contribution in [0.4, 0.5) is 11.5 Å². The number of piperidine rings is 1. The fourth-order valence-corrected chi connectivity index (χ4v) is 3.13. The molecule has 2 saturated heterocycles. The summed E-state index contributed by atoms with van der Waals surface area (Å²) in [5.41, 5.74) is 7.95. The molecule has 112 valence electrons. The summed E-state index contributed by atoms with van der Waals surface area (Å²) in [6.45, 7) is 8.27. The molecule has 6 heteroatoms. The molecule has 3 heterocycles. The number of rotatable bonds is 3. The van der Waals surface area contributed by atoms with E-state index in [1.807, 2.05) is 11.6 Å². The zero-order valence-electron chi connectivity index (χ0n) is 12.4. The van der Waals surface area contributed by atoms with Crippen LogP contribution < -0.4 is 10.6 Å². The fraction of sp³-hybridized carbons (Fsp3) is 0.786. The largest absolute Gasteiger partial charge is 0.394 e. The van der Waals surface area contributed by atoms with Gasteiger partial charge in [-0.2, -0.15) is 5.10 Å². The quantitative estimate of drug-likeness (QED) is 0.909. The highest BCUT2D eigenvalue weighted by Gasteiger charge is 2.40. The van der Waals surface area contributed by atoms with Gasteiger partial charge in [0.2, 0.25) is 0 Å². The van der Waals surface area contributed by atoms with Gasteiger partial charge in [0.15, 0.2) is 11.6 Å². The van der Waals surface area contributed by atoms with E-state index < -0.39 is 0 Å². The van der Waals surface area contributed by atoms with Crippen LogP contribution in [0, 0.1) is 6.92 Å². The summed E-state index contributed by atoms with van der Waals surface area (Å²) in [5, 5.41) is 4.55. The number of anilines is 2. The molecule has 2 aliphatic heterocycles. The van der Waals surface area contributed by atoms with Crippen molar-refractivity contribution in [2.45, 2.75) is 45.4 Å². The molecular formula is C14H24N4O2. The van der Waals surface area contributed by atoms with Crippen molar-refractivity contribution in [2.75, 3.05) is 36.9 Å². The standard InChI is InChI=1S/C14H24N4O2/c1-3-6-18-13(12(15)11(2)16-18)17-7-4-14(5-8-17)19-9-10-20-14/h3-10,15H2,1-2H3. The summed E-state index contributed by atoms with van der Waals surface area (Å²) in [4.78, 5) is 2.32. The summed E-state index contributed by atoms with van der Waals surface area (Å²) < 4.78 is 13.6. The molecule has 0 amide bonds. The topological polar surface area (TPSA) is 65.5 Å². The summed E-state index contributed by atoms with van der Waals surface area (Å²) in [5.74, 6) is 0.729. The molecule has 0 atom stereocenters. The predicted molar refractivity (Wildman–Crippen MR) is 77.7 cm³/mol. The van der Waals surface area contributed by atoms with Gasteiger partial charge in [-0.15, -0.1) is 0 Å². The lowest BCUT2D eigenvalue weighted by Crippen LogP contribution is -2.46. The van der Waals surface area contributed by atoms with Gasteiger partial charge < -0.3 is 20.1 Å². The molecule has 1 spiro atoms. The first-order chi connectivity index (χ1) is 9.65. The molecule has 2 N–H and O–H groups in total. The molecule has 6 nitrogen and oxygen atoms in total. The summed E-state index contributed by atoms with van der Waals surface area (Å²) >= 11 is 0. The Labute approximate surface area is 119 Å². The monoisotopic (exact) mass is 280 g/mol. The van der Waals surface area contributed by atoms with E-state index in [1.54, 1.807) is 0 Å². The number of nitrogens with zero attached hydrogens (tertiary/aromatic N) is 3. The zero-order valence-corrected chi connectivity index (χ0v) is 12.4. The van der Waals surface area contributed by atoms with E-state index in [0.717, 1.165) is 69.3 Å². The van der Waals surface area contributed by atoms with Crippen LogP contribution in [-0.4, -0.2) is 41.9 Å². The number of aryl methyl sites for hydroxylation is 2. The zero-order chi connectivity index (χ0) is 14.2. The van der Waals surface area contributed by atoms with Gasteiger partial charge in [0.1, 0.15) is 0 Å². The van der Waals surface area contributed by atoms with Gasteiger partial charge >= 0.3 is 0 Å². The van der Waals surface area contributed by atoms with E-state index in [1.165, 1.54) is 0 Å². The average molecular weight is 280 g/mol. The third-order valence-corrected chi connectivity index (χ3v) is 4.22. The highest BCUT2D eigenvalue weighted by atomic mass is 16.7. The Hall–Kier alpha value is -1.27. The molecule has 0 saturated carbocycles. The Bertz CT molecular complexity index is 470. The first kappa shape index (κ1) is 13.7. The maximum absolute atomic E-state index is 6.22. The second-order valence-corrected chi connectivity index (χ2v) is 5.64. The number of aromatic nitrogens is 2. The molecule has 0 unspecified atom stereocenters. The third-order valence-electron chi connectivity index (χ3n) is 4.22. The van der Waals surface area contributed by atoms with Crippen LogP contribution in [0.2, 0.25) is 0 Å². The van der Waals surface area contributed by atoms with Crippen LogP contribution in [0.1, 0.15) is 31.9 Å². The number of ether oxygens (including phenoxy) is 2. The Balaban J connectivity index is 1.77. The van der Waals surface area contributed by atoms with Gasteiger partial charge in [-0.3, -0.25) is 0 Å². The van der Waals surface area contributed by atoms with E-state index >= 15 is 0 Å². The van der Waals surface area contributed by atoms with E-state index in [-0.39, 0.29) is 5.79 Å². The summed E-state index contributed by atoms with van der Waals surface area (Å²) in [6, 6.07) is 0. The minimum absolute atomic E-state index is 0.337. The number of nitrogen functional groups attached to an aromatic ring is 1. The minimum atomic E-state index is -0.337. The van der Waals surface area contributed by atoms with Crippen LogP contribution in [0.3, 0.4) is 0 Å². The first-order valence-electron chi connectivity index (χ1n) is 7.51. The predicted octanol–water partition coefficient (Wildman–Crippen LogP) is 1.53. The van der Waals surface area contributed by atoms with E-state index in [0.29, 0.717) is 0 Å². The number of hydrogen-bond acceptors (Lipinski definition) is 5. The Morgan fingerprint density at radius 2 is 1.90 bits per heavy atom. The molecule has 0 aromatic carbocycles. The maximum Gasteiger partial charge on any atom is 0.171 e. The van der Waals surface area contributed by atoms with Crippen molar-refractivity contribution in [3.05, 3.63) is 5.69 Å². The van der Waals surface area contributed by atoms with Crippen molar-refractivity contribution in [3.63, 3.8) is 0 Å². The lowest BCUT2D eigenvalue weighted by molar-refractivity contribution is -0.169. The van der Waals surface area contributed by atoms with Crippen LogP contribution in [0.25, 0.3) is 0 Å². The molecular weight excluding hydrogens is 256 g/mol. The number of hydrogen-bond donors (Lipinski definition) is 1. The van der Waals surface area contributed by atoms with E-state index in [9.17, 15) is 0 Å². The second-order valence-electron chi connectivity index (χ2n) is 5.64. The van der Waals surface area contributed by atoms with Crippen molar-refractivity contribution in [3.8, 4) is 0 Å². The Morgan fingerprint density at radius 3 is 2.50 bits per heavy atom. The van der Waals surface area contributed by atoms with Gasteiger partial charge in [0.05, 0.1) is 24.6 Å². The first-order valence-corrected chi connectivity index (χ1v) is 7.51. The normalized spacial score (nSPS) is 21.8.